The third kappa shape index (κ3) is 4.55. The summed E-state index contributed by atoms with van der Waals surface area (Å²) >= 11 is 0. The molecule has 0 spiro atoms. The molecule has 0 saturated heterocycles. The van der Waals surface area contributed by atoms with Gasteiger partial charge in [-0.05, 0) is 54.4 Å². The minimum Gasteiger partial charge on any atom is -0.482 e. The third-order valence-corrected chi connectivity index (χ3v) is 6.10. The molecule has 36 heavy (non-hydrogen) atoms. The SMILES string of the molecule is O=C(CCCN1C(=O)c2ccccc2C1=O)Nc1ccc2c(c1)N(Cc1ccc(F)cc1)C(=O)CO2. The number of fused-ring (bicyclic) bond motifs is 2. The van der Waals surface area contributed by atoms with Crippen LogP contribution in [0.15, 0.2) is 66.7 Å². The van der Waals surface area contributed by atoms with Crippen molar-refractivity contribution in [3.63, 3.8) is 0 Å². The maximum Gasteiger partial charge on any atom is 0.265 e. The average molecular weight is 487 g/mol. The molecule has 0 bridgehead atoms. The molecule has 8 nitrogen and oxygen atoms in total. The number of carbonyl (C=O) groups excluding carboxylic acids is 4. The van der Waals surface area contributed by atoms with E-state index >= 15 is 0 Å². The second kappa shape index (κ2) is 9.61. The zero-order valence-corrected chi connectivity index (χ0v) is 19.2. The van der Waals surface area contributed by atoms with E-state index in [1.807, 2.05) is 0 Å². The summed E-state index contributed by atoms with van der Waals surface area (Å²) in [7, 11) is 0. The highest BCUT2D eigenvalue weighted by molar-refractivity contribution is 6.21. The van der Waals surface area contributed by atoms with Gasteiger partial charge in [0.15, 0.2) is 6.61 Å². The van der Waals surface area contributed by atoms with E-state index in [9.17, 15) is 23.6 Å². The summed E-state index contributed by atoms with van der Waals surface area (Å²) in [6.07, 6.45) is 0.403. The molecule has 3 aromatic carbocycles. The summed E-state index contributed by atoms with van der Waals surface area (Å²) in [4.78, 5) is 52.7. The number of hydrogen-bond donors (Lipinski definition) is 1. The number of nitrogens with zero attached hydrogens (tertiary/aromatic N) is 2. The fraction of sp³-hybridized carbons (Fsp3) is 0.185. The van der Waals surface area contributed by atoms with Crippen molar-refractivity contribution in [2.75, 3.05) is 23.4 Å². The molecule has 0 unspecified atom stereocenters. The zero-order valence-electron chi connectivity index (χ0n) is 19.2. The number of carbonyl (C=O) groups is 4. The van der Waals surface area contributed by atoms with E-state index in [1.165, 1.54) is 17.0 Å². The van der Waals surface area contributed by atoms with E-state index in [2.05, 4.69) is 5.32 Å². The van der Waals surface area contributed by atoms with Gasteiger partial charge >= 0.3 is 0 Å². The number of hydrogen-bond acceptors (Lipinski definition) is 5. The van der Waals surface area contributed by atoms with Crippen LogP contribution in [0.2, 0.25) is 0 Å². The molecule has 0 aliphatic carbocycles. The fourth-order valence-corrected chi connectivity index (χ4v) is 4.29. The van der Waals surface area contributed by atoms with Crippen LogP contribution in [-0.2, 0) is 16.1 Å². The Morgan fingerprint density at radius 1 is 0.917 bits per heavy atom. The maximum atomic E-state index is 13.3. The second-order valence-electron chi connectivity index (χ2n) is 8.54. The van der Waals surface area contributed by atoms with E-state index < -0.39 is 0 Å². The Labute approximate surface area is 206 Å². The van der Waals surface area contributed by atoms with Crippen molar-refractivity contribution in [3.8, 4) is 5.75 Å². The topological polar surface area (TPSA) is 96.0 Å². The molecule has 2 aliphatic heterocycles. The molecule has 0 radical (unpaired) electrons. The van der Waals surface area contributed by atoms with Gasteiger partial charge in [-0.2, -0.15) is 0 Å². The van der Waals surface area contributed by atoms with Crippen LogP contribution in [0, 0.1) is 5.82 Å². The van der Waals surface area contributed by atoms with E-state index in [4.69, 9.17) is 4.74 Å². The summed E-state index contributed by atoms with van der Waals surface area (Å²) in [5.74, 6) is -1.11. The highest BCUT2D eigenvalue weighted by Gasteiger charge is 2.34. The standard InChI is InChI=1S/C27H22FN3O5/c28-18-9-7-17(8-10-18)15-31-22-14-19(11-12-23(22)36-16-25(31)33)29-24(32)6-3-13-30-26(34)20-4-1-2-5-21(20)27(30)35/h1-2,4-5,7-12,14H,3,6,13,15-16H2,(H,29,32). The molecule has 2 heterocycles. The van der Waals surface area contributed by atoms with Crippen LogP contribution < -0.4 is 15.0 Å². The summed E-state index contributed by atoms with van der Waals surface area (Å²) in [6.45, 7) is 0.253. The molecule has 2 aliphatic rings. The van der Waals surface area contributed by atoms with E-state index in [-0.39, 0.29) is 55.6 Å². The van der Waals surface area contributed by atoms with Gasteiger partial charge < -0.3 is 15.0 Å². The first-order valence-corrected chi connectivity index (χ1v) is 11.5. The lowest BCUT2D eigenvalue weighted by Gasteiger charge is -2.30. The number of imide groups is 1. The molecular weight excluding hydrogens is 465 g/mol. The summed E-state index contributed by atoms with van der Waals surface area (Å²) in [5.41, 5.74) is 2.48. The van der Waals surface area contributed by atoms with Crippen molar-refractivity contribution < 1.29 is 28.3 Å². The normalized spacial score (nSPS) is 14.4. The highest BCUT2D eigenvalue weighted by Crippen LogP contribution is 2.35. The zero-order chi connectivity index (χ0) is 25.2. The first-order chi connectivity index (χ1) is 17.4. The molecule has 182 valence electrons. The summed E-state index contributed by atoms with van der Waals surface area (Å²) in [6, 6.07) is 17.5. The Morgan fingerprint density at radius 2 is 1.61 bits per heavy atom. The Morgan fingerprint density at radius 3 is 2.31 bits per heavy atom. The predicted octanol–water partition coefficient (Wildman–Crippen LogP) is 3.77. The maximum absolute atomic E-state index is 13.3. The van der Waals surface area contributed by atoms with Gasteiger partial charge in [0, 0.05) is 18.7 Å². The lowest BCUT2D eigenvalue weighted by molar-refractivity contribution is -0.121. The van der Waals surface area contributed by atoms with E-state index in [0.29, 0.717) is 34.7 Å². The number of halogens is 1. The summed E-state index contributed by atoms with van der Waals surface area (Å²) in [5, 5.41) is 2.79. The van der Waals surface area contributed by atoms with Gasteiger partial charge in [-0.25, -0.2) is 4.39 Å². The first-order valence-electron chi connectivity index (χ1n) is 11.5. The van der Waals surface area contributed by atoms with Crippen molar-refractivity contribution in [2.45, 2.75) is 19.4 Å². The van der Waals surface area contributed by atoms with E-state index in [1.54, 1.807) is 54.6 Å². The monoisotopic (exact) mass is 487 g/mol. The molecule has 3 aromatic rings. The molecule has 0 atom stereocenters. The van der Waals surface area contributed by atoms with Crippen LogP contribution in [0.5, 0.6) is 5.75 Å². The van der Waals surface area contributed by atoms with Gasteiger partial charge in [0.05, 0.1) is 23.4 Å². The van der Waals surface area contributed by atoms with Gasteiger partial charge in [0.1, 0.15) is 11.6 Å². The van der Waals surface area contributed by atoms with Crippen LogP contribution in [0.1, 0.15) is 39.1 Å². The lowest BCUT2D eigenvalue weighted by atomic mass is 10.1. The van der Waals surface area contributed by atoms with Crippen LogP contribution >= 0.6 is 0 Å². The molecule has 5 rings (SSSR count). The Bertz CT molecular complexity index is 1340. The highest BCUT2D eigenvalue weighted by atomic mass is 19.1. The predicted molar refractivity (Wildman–Crippen MR) is 129 cm³/mol. The Hall–Kier alpha value is -4.53. The van der Waals surface area contributed by atoms with Gasteiger partial charge in [-0.15, -0.1) is 0 Å². The molecule has 1 N–H and O–H groups in total. The van der Waals surface area contributed by atoms with Gasteiger partial charge in [0.2, 0.25) is 5.91 Å². The van der Waals surface area contributed by atoms with Crippen molar-refractivity contribution in [3.05, 3.63) is 89.2 Å². The van der Waals surface area contributed by atoms with Crippen molar-refractivity contribution in [2.24, 2.45) is 0 Å². The van der Waals surface area contributed by atoms with Gasteiger partial charge in [0.25, 0.3) is 17.7 Å². The van der Waals surface area contributed by atoms with Crippen LogP contribution in [0.3, 0.4) is 0 Å². The average Bonchev–Trinajstić information content (AvgIpc) is 3.12. The van der Waals surface area contributed by atoms with Crippen molar-refractivity contribution >= 4 is 35.0 Å². The summed E-state index contributed by atoms with van der Waals surface area (Å²) < 4.78 is 18.8. The largest absolute Gasteiger partial charge is 0.482 e. The lowest BCUT2D eigenvalue weighted by Crippen LogP contribution is -2.38. The number of benzene rings is 3. The molecule has 0 saturated carbocycles. The molecule has 0 aromatic heterocycles. The second-order valence-corrected chi connectivity index (χ2v) is 8.54. The number of amides is 4. The first kappa shape index (κ1) is 23.2. The van der Waals surface area contributed by atoms with E-state index in [0.717, 1.165) is 10.5 Å². The third-order valence-electron chi connectivity index (χ3n) is 6.10. The van der Waals surface area contributed by atoms with Crippen LogP contribution in [0.4, 0.5) is 15.8 Å². The molecular formula is C27H22FN3O5. The molecule has 4 amide bonds. The molecule has 9 heteroatoms. The molecule has 0 fully saturated rings. The minimum atomic E-state index is -0.361. The Balaban J connectivity index is 1.21. The number of nitrogens with one attached hydrogen (secondary N) is 1. The Kier molecular flexibility index (Phi) is 6.20. The minimum absolute atomic E-state index is 0.0964. The van der Waals surface area contributed by atoms with Crippen molar-refractivity contribution in [1.29, 1.82) is 0 Å². The quantitative estimate of drug-likeness (QED) is 0.512. The smallest absolute Gasteiger partial charge is 0.265 e. The van der Waals surface area contributed by atoms with Crippen molar-refractivity contribution in [1.82, 2.24) is 4.90 Å². The number of ether oxygens (including phenoxy) is 1. The van der Waals surface area contributed by atoms with Gasteiger partial charge in [-0.1, -0.05) is 24.3 Å². The van der Waals surface area contributed by atoms with Crippen LogP contribution in [-0.4, -0.2) is 41.7 Å². The number of anilines is 2. The van der Waals surface area contributed by atoms with Gasteiger partial charge in [-0.3, -0.25) is 24.1 Å². The van der Waals surface area contributed by atoms with Crippen LogP contribution in [0.25, 0.3) is 0 Å². The number of rotatable bonds is 7. The fourth-order valence-electron chi connectivity index (χ4n) is 4.29.